The molecule has 13 heteroatoms. The van der Waals surface area contributed by atoms with Crippen LogP contribution >= 0.6 is 0 Å². The van der Waals surface area contributed by atoms with E-state index in [1.807, 2.05) is 19.9 Å². The lowest BCUT2D eigenvalue weighted by molar-refractivity contribution is -0.110. The van der Waals surface area contributed by atoms with Crippen LogP contribution in [0.1, 0.15) is 68.8 Å². The highest BCUT2D eigenvalue weighted by atomic mass is 19.1. The molecule has 3 atom stereocenters. The van der Waals surface area contributed by atoms with Gasteiger partial charge in [-0.2, -0.15) is 0 Å². The molecule has 0 aliphatic carbocycles. The van der Waals surface area contributed by atoms with E-state index in [4.69, 9.17) is 15.9 Å². The lowest BCUT2D eigenvalue weighted by Crippen LogP contribution is -2.50. The minimum atomic E-state index is -0.690. The molecular weight excluding hydrogens is 727 g/mol. The third kappa shape index (κ3) is 7.77. The first-order valence-corrected chi connectivity index (χ1v) is 20.2. The van der Waals surface area contributed by atoms with Crippen molar-refractivity contribution in [2.75, 3.05) is 57.3 Å². The van der Waals surface area contributed by atoms with Crippen LogP contribution in [0.4, 0.5) is 14.6 Å². The zero-order valence-corrected chi connectivity index (χ0v) is 32.6. The van der Waals surface area contributed by atoms with Crippen LogP contribution in [-0.2, 0) is 4.79 Å². The number of terminal acetylenes is 1. The Balaban J connectivity index is 0.968. The van der Waals surface area contributed by atoms with Crippen molar-refractivity contribution in [2.45, 2.75) is 64.0 Å². The molecule has 0 spiro atoms. The minimum Gasteiger partial charge on any atom is -0.508 e. The number of piperidine rings is 1. The second-order valence-corrected chi connectivity index (χ2v) is 16.5. The SMILES string of the molecule is C#Cc1c(F)ccc2cc(O)cc(C3=C(F)C(=N/CCN4CCC(CC5CN(c6cc(C(C=O)C(C)C)on6)C5)CC4)/C(=C(\N=C)N4CC5CCC(C4)N5)C=N3)c12. The average Bonchev–Trinajstić information content (AvgIpc) is 3.80. The molecule has 2 N–H and O–H groups in total. The monoisotopic (exact) mass is 776 g/mol. The van der Waals surface area contributed by atoms with Gasteiger partial charge in [0.15, 0.2) is 11.6 Å². The first kappa shape index (κ1) is 38.7. The summed E-state index contributed by atoms with van der Waals surface area (Å²) in [7, 11) is 0. The Labute approximate surface area is 332 Å². The van der Waals surface area contributed by atoms with Crippen LogP contribution in [0.3, 0.4) is 0 Å². The van der Waals surface area contributed by atoms with E-state index in [1.165, 1.54) is 24.3 Å². The number of hydrogen-bond acceptors (Lipinski definition) is 11. The number of nitrogens with one attached hydrogen (secondary N) is 1. The zero-order chi connectivity index (χ0) is 39.8. The van der Waals surface area contributed by atoms with Gasteiger partial charge in [-0.05, 0) is 93.3 Å². The molecule has 2 bridgehead atoms. The standard InChI is InChI=1S/C44H50F2N8O3/c1-5-33-37(45)9-6-29-17-32(56)18-34(40(29)33)42-41(46)43(35(20-49-42)44(47-4)54-23-30-7-8-31(24-54)50-30)48-12-15-52-13-10-27(11-14-52)16-28-21-53(22-28)39-19-38(57-51-39)36(25-55)26(2)3/h1,6,9,17-20,25-28,30-31,36,50,56H,4,7-8,10-16,21-24H2,2-3H3/b44-35+,48-43+. The van der Waals surface area contributed by atoms with E-state index in [9.17, 15) is 14.3 Å². The van der Waals surface area contributed by atoms with Gasteiger partial charge < -0.3 is 34.4 Å². The third-order valence-corrected chi connectivity index (χ3v) is 12.4. The molecule has 4 saturated heterocycles. The van der Waals surface area contributed by atoms with Crippen molar-refractivity contribution in [1.82, 2.24) is 20.3 Å². The molecule has 11 nitrogen and oxygen atoms in total. The number of fused-ring (bicyclic) bond motifs is 3. The Morgan fingerprint density at radius 1 is 1.11 bits per heavy atom. The number of carbonyl (C=O) groups excluding carboxylic acids is 1. The van der Waals surface area contributed by atoms with Crippen LogP contribution in [0.2, 0.25) is 0 Å². The summed E-state index contributed by atoms with van der Waals surface area (Å²) in [6.45, 7) is 14.1. The Bertz CT molecular complexity index is 2190. The van der Waals surface area contributed by atoms with Crippen molar-refractivity contribution in [3.05, 3.63) is 70.3 Å². The van der Waals surface area contributed by atoms with Crippen LogP contribution in [0.25, 0.3) is 16.5 Å². The number of aliphatic imine (C=N–C) groups is 3. The van der Waals surface area contributed by atoms with Crippen LogP contribution in [-0.4, -0.2) is 109 Å². The molecule has 57 heavy (non-hydrogen) atoms. The van der Waals surface area contributed by atoms with Crippen molar-refractivity contribution < 1.29 is 23.2 Å². The summed E-state index contributed by atoms with van der Waals surface area (Å²) in [5, 5.41) is 19.3. The van der Waals surface area contributed by atoms with Crippen molar-refractivity contribution in [3.63, 3.8) is 0 Å². The summed E-state index contributed by atoms with van der Waals surface area (Å²) in [6.07, 6.45) is 13.7. The minimum absolute atomic E-state index is 0.0277. The maximum atomic E-state index is 17.1. The Kier molecular flexibility index (Phi) is 11.1. The van der Waals surface area contributed by atoms with Gasteiger partial charge in [-0.1, -0.05) is 31.0 Å². The molecule has 5 aliphatic heterocycles. The predicted molar refractivity (Wildman–Crippen MR) is 220 cm³/mol. The first-order valence-electron chi connectivity index (χ1n) is 20.2. The van der Waals surface area contributed by atoms with Gasteiger partial charge in [0, 0.05) is 68.0 Å². The fraction of sp³-hybridized carbons (Fsp3) is 0.477. The van der Waals surface area contributed by atoms with Crippen LogP contribution in [0, 0.1) is 35.9 Å². The summed E-state index contributed by atoms with van der Waals surface area (Å²) < 4.78 is 37.6. The van der Waals surface area contributed by atoms with Gasteiger partial charge in [0.1, 0.15) is 40.8 Å². The fourth-order valence-electron chi connectivity index (χ4n) is 9.33. The second kappa shape index (κ2) is 16.3. The molecule has 0 saturated carbocycles. The number of hydrogen-bond donors (Lipinski definition) is 2. The van der Waals surface area contributed by atoms with E-state index < -0.39 is 11.6 Å². The number of likely N-dealkylation sites (tertiary alicyclic amines) is 2. The average molecular weight is 777 g/mol. The molecule has 3 aromatic rings. The molecule has 8 rings (SSSR count). The normalized spacial score (nSPS) is 24.0. The highest BCUT2D eigenvalue weighted by Gasteiger charge is 2.36. The van der Waals surface area contributed by atoms with Gasteiger partial charge in [0.25, 0.3) is 0 Å². The Morgan fingerprint density at radius 2 is 1.86 bits per heavy atom. The van der Waals surface area contributed by atoms with E-state index in [2.05, 4.69) is 47.8 Å². The van der Waals surface area contributed by atoms with Crippen molar-refractivity contribution in [1.29, 1.82) is 0 Å². The maximum Gasteiger partial charge on any atom is 0.175 e. The number of benzene rings is 2. The largest absolute Gasteiger partial charge is 0.508 e. The van der Waals surface area contributed by atoms with Gasteiger partial charge in [-0.15, -0.1) is 6.42 Å². The Morgan fingerprint density at radius 3 is 2.54 bits per heavy atom. The highest BCUT2D eigenvalue weighted by molar-refractivity contribution is 6.29. The van der Waals surface area contributed by atoms with E-state index in [0.717, 1.165) is 70.4 Å². The van der Waals surface area contributed by atoms with Gasteiger partial charge >= 0.3 is 0 Å². The molecule has 1 aromatic heterocycles. The number of rotatable bonds is 12. The number of aromatic nitrogens is 1. The summed E-state index contributed by atoms with van der Waals surface area (Å²) in [4.78, 5) is 32.2. The van der Waals surface area contributed by atoms with Gasteiger partial charge in [0.2, 0.25) is 0 Å². The second-order valence-electron chi connectivity index (χ2n) is 16.5. The molecular formula is C44H50F2N8O3. The van der Waals surface area contributed by atoms with E-state index in [1.54, 1.807) is 6.21 Å². The topological polar surface area (TPSA) is 122 Å². The molecule has 3 unspecified atom stereocenters. The summed E-state index contributed by atoms with van der Waals surface area (Å²) in [5.41, 5.74) is 0.632. The number of halogens is 2. The highest BCUT2D eigenvalue weighted by Crippen LogP contribution is 2.39. The molecule has 298 valence electrons. The van der Waals surface area contributed by atoms with Gasteiger partial charge in [0.05, 0.1) is 23.6 Å². The molecule has 2 aromatic carbocycles. The Hall–Kier alpha value is -5.19. The molecule has 5 aliphatic rings. The zero-order valence-electron chi connectivity index (χ0n) is 32.6. The number of carbonyl (C=O) groups is 1. The van der Waals surface area contributed by atoms with E-state index in [-0.39, 0.29) is 40.1 Å². The van der Waals surface area contributed by atoms with E-state index in [0.29, 0.717) is 78.0 Å². The lowest BCUT2D eigenvalue weighted by atomic mass is 9.83. The molecule has 0 radical (unpaired) electrons. The number of phenols is 1. The van der Waals surface area contributed by atoms with Gasteiger partial charge in [-0.25, -0.2) is 13.8 Å². The quantitative estimate of drug-likeness (QED) is 0.124. The number of anilines is 1. The predicted octanol–water partition coefficient (Wildman–Crippen LogP) is 6.34. The van der Waals surface area contributed by atoms with Crippen molar-refractivity contribution >= 4 is 47.2 Å². The number of allylic oxidation sites excluding steroid dienone is 2. The smallest absolute Gasteiger partial charge is 0.175 e. The fourth-order valence-corrected chi connectivity index (χ4v) is 9.33. The molecule has 0 amide bonds. The van der Waals surface area contributed by atoms with Crippen molar-refractivity contribution in [3.8, 4) is 18.1 Å². The number of piperazine rings is 1. The first-order chi connectivity index (χ1) is 27.6. The summed E-state index contributed by atoms with van der Waals surface area (Å²) in [5.74, 6) is 4.05. The number of aromatic hydroxyl groups is 1. The van der Waals surface area contributed by atoms with Crippen LogP contribution < -0.4 is 10.2 Å². The van der Waals surface area contributed by atoms with E-state index >= 15 is 4.39 Å². The molecule has 6 heterocycles. The van der Waals surface area contributed by atoms with Gasteiger partial charge in [-0.3, -0.25) is 9.98 Å². The number of nitrogens with zero attached hydrogens (tertiary/aromatic N) is 7. The number of phenolic OH excluding ortho intramolecular Hbond substituents is 1. The van der Waals surface area contributed by atoms with Crippen LogP contribution in [0.5, 0.6) is 5.75 Å². The molecule has 4 fully saturated rings. The maximum absolute atomic E-state index is 17.1. The number of aldehydes is 1. The van der Waals surface area contributed by atoms with Crippen LogP contribution in [0.15, 0.2) is 67.1 Å². The lowest BCUT2D eigenvalue weighted by Gasteiger charge is -2.42. The summed E-state index contributed by atoms with van der Waals surface area (Å²) >= 11 is 0. The van der Waals surface area contributed by atoms with Crippen molar-refractivity contribution in [2.24, 2.45) is 32.7 Å². The summed E-state index contributed by atoms with van der Waals surface area (Å²) in [6, 6.07) is 8.13. The third-order valence-electron chi connectivity index (χ3n) is 12.4.